The fourth-order valence-electron chi connectivity index (χ4n) is 3.14. The molecule has 7 nitrogen and oxygen atoms in total. The van der Waals surface area contributed by atoms with Gasteiger partial charge in [-0.25, -0.2) is 12.8 Å². The summed E-state index contributed by atoms with van der Waals surface area (Å²) in [7, 11) is -3.87. The number of nitrogens with one attached hydrogen (secondary N) is 1. The Morgan fingerprint density at radius 3 is 2.35 bits per heavy atom. The van der Waals surface area contributed by atoms with Gasteiger partial charge in [0.05, 0.1) is 11.9 Å². The molecule has 2 aromatic carbocycles. The maximum atomic E-state index is 13.7. The molecule has 9 heteroatoms. The molecule has 0 saturated heterocycles. The van der Waals surface area contributed by atoms with Crippen LogP contribution in [0.1, 0.15) is 19.4 Å². The minimum absolute atomic E-state index is 0.0459. The summed E-state index contributed by atoms with van der Waals surface area (Å²) in [6.45, 7) is 3.46. The third-order valence-corrected chi connectivity index (χ3v) is 5.92. The highest BCUT2D eigenvalue weighted by Gasteiger charge is 2.29. The number of benzene rings is 2. The van der Waals surface area contributed by atoms with Crippen molar-refractivity contribution in [2.45, 2.75) is 26.3 Å². The summed E-state index contributed by atoms with van der Waals surface area (Å²) in [6, 6.07) is 13.7. The molecule has 0 aliphatic carbocycles. The van der Waals surface area contributed by atoms with Crippen molar-refractivity contribution < 1.29 is 22.4 Å². The first-order chi connectivity index (χ1) is 14.6. The molecule has 2 rings (SSSR count). The molecule has 0 aliphatic heterocycles. The Labute approximate surface area is 182 Å². The quantitative estimate of drug-likeness (QED) is 0.602. The summed E-state index contributed by atoms with van der Waals surface area (Å²) < 4.78 is 39.2. The lowest BCUT2D eigenvalue weighted by atomic mass is 10.1. The van der Waals surface area contributed by atoms with Crippen LogP contribution in [-0.2, 0) is 26.0 Å². The summed E-state index contributed by atoms with van der Waals surface area (Å²) in [5.41, 5.74) is 1.03. The molecule has 2 amide bonds. The van der Waals surface area contributed by atoms with E-state index in [-0.39, 0.29) is 18.1 Å². The number of rotatable bonds is 10. The molecule has 0 fully saturated rings. The van der Waals surface area contributed by atoms with Gasteiger partial charge in [-0.15, -0.1) is 0 Å². The Morgan fingerprint density at radius 1 is 1.10 bits per heavy atom. The highest BCUT2D eigenvalue weighted by atomic mass is 32.2. The lowest BCUT2D eigenvalue weighted by Gasteiger charge is -2.31. The van der Waals surface area contributed by atoms with Crippen molar-refractivity contribution in [3.63, 3.8) is 0 Å². The summed E-state index contributed by atoms with van der Waals surface area (Å²) in [5, 5.41) is 2.69. The Kier molecular flexibility index (Phi) is 8.56. The van der Waals surface area contributed by atoms with Crippen molar-refractivity contribution in [1.82, 2.24) is 10.2 Å². The van der Waals surface area contributed by atoms with E-state index in [0.29, 0.717) is 13.0 Å². The van der Waals surface area contributed by atoms with Crippen molar-refractivity contribution >= 4 is 27.5 Å². The maximum Gasteiger partial charge on any atom is 0.244 e. The average molecular weight is 450 g/mol. The molecular formula is C22H28FN3O4S. The number of hydrogen-bond donors (Lipinski definition) is 1. The first kappa shape index (κ1) is 24.3. The molecule has 1 N–H and O–H groups in total. The molecule has 0 radical (unpaired) electrons. The zero-order valence-electron chi connectivity index (χ0n) is 17.9. The standard InChI is InChI=1S/C22H28FN3O4S/c1-4-24-22(28)17(2)25(14-13-18-9-6-5-7-10-18)21(27)16-26(31(3,29)30)20-12-8-11-19(23)15-20/h5-12,15,17H,4,13-14,16H2,1-3H3,(H,24,28). The smallest absolute Gasteiger partial charge is 0.244 e. The first-order valence-corrected chi connectivity index (χ1v) is 11.8. The van der Waals surface area contributed by atoms with Gasteiger partial charge in [-0.3, -0.25) is 13.9 Å². The number of anilines is 1. The van der Waals surface area contributed by atoms with Crippen LogP contribution in [0.2, 0.25) is 0 Å². The van der Waals surface area contributed by atoms with Crippen LogP contribution in [0.5, 0.6) is 0 Å². The van der Waals surface area contributed by atoms with Gasteiger partial charge in [0.15, 0.2) is 0 Å². The fraction of sp³-hybridized carbons (Fsp3) is 0.364. The third-order valence-electron chi connectivity index (χ3n) is 4.78. The number of sulfonamides is 1. The monoisotopic (exact) mass is 449 g/mol. The first-order valence-electron chi connectivity index (χ1n) is 9.98. The molecule has 0 saturated carbocycles. The molecule has 0 aliphatic rings. The van der Waals surface area contributed by atoms with Gasteiger partial charge in [0.1, 0.15) is 18.4 Å². The van der Waals surface area contributed by atoms with Gasteiger partial charge >= 0.3 is 0 Å². The minimum Gasteiger partial charge on any atom is -0.355 e. The Bertz CT molecular complexity index is 999. The molecular weight excluding hydrogens is 421 g/mol. The predicted octanol–water partition coefficient (Wildman–Crippen LogP) is 2.19. The lowest BCUT2D eigenvalue weighted by molar-refractivity contribution is -0.138. The van der Waals surface area contributed by atoms with E-state index in [1.54, 1.807) is 13.8 Å². The van der Waals surface area contributed by atoms with Gasteiger partial charge in [-0.05, 0) is 44.0 Å². The van der Waals surface area contributed by atoms with E-state index in [1.807, 2.05) is 30.3 Å². The number of halogens is 1. The van der Waals surface area contributed by atoms with Gasteiger partial charge < -0.3 is 10.2 Å². The highest BCUT2D eigenvalue weighted by molar-refractivity contribution is 7.92. The molecule has 1 atom stereocenters. The van der Waals surface area contributed by atoms with Gasteiger partial charge in [-0.2, -0.15) is 0 Å². The van der Waals surface area contributed by atoms with E-state index >= 15 is 0 Å². The zero-order valence-corrected chi connectivity index (χ0v) is 18.7. The van der Waals surface area contributed by atoms with Crippen molar-refractivity contribution in [3.8, 4) is 0 Å². The third kappa shape index (κ3) is 7.06. The van der Waals surface area contributed by atoms with Gasteiger partial charge in [0.2, 0.25) is 21.8 Å². The van der Waals surface area contributed by atoms with E-state index in [2.05, 4.69) is 5.32 Å². The summed E-state index contributed by atoms with van der Waals surface area (Å²) in [5.74, 6) is -1.50. The largest absolute Gasteiger partial charge is 0.355 e. The summed E-state index contributed by atoms with van der Waals surface area (Å²) in [4.78, 5) is 26.9. The lowest BCUT2D eigenvalue weighted by Crippen LogP contribution is -2.52. The van der Waals surface area contributed by atoms with Crippen LogP contribution in [0.4, 0.5) is 10.1 Å². The molecule has 31 heavy (non-hydrogen) atoms. The van der Waals surface area contributed by atoms with Crippen molar-refractivity contribution in [1.29, 1.82) is 0 Å². The van der Waals surface area contributed by atoms with Crippen LogP contribution in [0.15, 0.2) is 54.6 Å². The van der Waals surface area contributed by atoms with Crippen LogP contribution < -0.4 is 9.62 Å². The molecule has 2 aromatic rings. The highest BCUT2D eigenvalue weighted by Crippen LogP contribution is 2.19. The number of carbonyl (C=O) groups is 2. The SMILES string of the molecule is CCNC(=O)C(C)N(CCc1ccccc1)C(=O)CN(c1cccc(F)c1)S(C)(=O)=O. The second-order valence-corrected chi connectivity index (χ2v) is 9.05. The number of hydrogen-bond acceptors (Lipinski definition) is 4. The molecule has 0 bridgehead atoms. The van der Waals surface area contributed by atoms with Gasteiger partial charge in [-0.1, -0.05) is 36.4 Å². The van der Waals surface area contributed by atoms with Crippen LogP contribution in [0.3, 0.4) is 0 Å². The van der Waals surface area contributed by atoms with E-state index in [9.17, 15) is 22.4 Å². The number of nitrogens with zero attached hydrogens (tertiary/aromatic N) is 2. The van der Waals surface area contributed by atoms with E-state index in [4.69, 9.17) is 0 Å². The van der Waals surface area contributed by atoms with Crippen LogP contribution in [-0.4, -0.2) is 57.1 Å². The summed E-state index contributed by atoms with van der Waals surface area (Å²) >= 11 is 0. The van der Waals surface area contributed by atoms with E-state index < -0.39 is 34.3 Å². The van der Waals surface area contributed by atoms with Crippen LogP contribution >= 0.6 is 0 Å². The van der Waals surface area contributed by atoms with Crippen molar-refractivity contribution in [2.75, 3.05) is 30.2 Å². The second-order valence-electron chi connectivity index (χ2n) is 7.14. The Balaban J connectivity index is 2.29. The molecule has 0 spiro atoms. The van der Waals surface area contributed by atoms with Gasteiger partial charge in [0, 0.05) is 13.1 Å². The number of amides is 2. The van der Waals surface area contributed by atoms with Gasteiger partial charge in [0.25, 0.3) is 0 Å². The molecule has 0 heterocycles. The zero-order chi connectivity index (χ0) is 23.0. The average Bonchev–Trinajstić information content (AvgIpc) is 2.72. The Morgan fingerprint density at radius 2 is 1.77 bits per heavy atom. The van der Waals surface area contributed by atoms with Crippen molar-refractivity contribution in [2.24, 2.45) is 0 Å². The summed E-state index contributed by atoms with van der Waals surface area (Å²) in [6.07, 6.45) is 1.45. The van der Waals surface area contributed by atoms with E-state index in [0.717, 1.165) is 22.2 Å². The number of likely N-dealkylation sites (N-methyl/N-ethyl adjacent to an activating group) is 1. The second kappa shape index (κ2) is 10.9. The number of carbonyl (C=O) groups excluding carboxylic acids is 2. The van der Waals surface area contributed by atoms with Crippen LogP contribution in [0, 0.1) is 5.82 Å². The van der Waals surface area contributed by atoms with E-state index in [1.165, 1.54) is 23.1 Å². The molecule has 0 aromatic heterocycles. The predicted molar refractivity (Wildman–Crippen MR) is 119 cm³/mol. The van der Waals surface area contributed by atoms with Crippen molar-refractivity contribution in [3.05, 3.63) is 66.0 Å². The maximum absolute atomic E-state index is 13.7. The normalized spacial score (nSPS) is 12.1. The topological polar surface area (TPSA) is 86.8 Å². The van der Waals surface area contributed by atoms with Crippen LogP contribution in [0.25, 0.3) is 0 Å². The fourth-order valence-corrected chi connectivity index (χ4v) is 3.98. The molecule has 168 valence electrons. The minimum atomic E-state index is -3.87. The molecule has 1 unspecified atom stereocenters. The Hall–Kier alpha value is -2.94.